The first kappa shape index (κ1) is 15.7. The van der Waals surface area contributed by atoms with Gasteiger partial charge in [-0.1, -0.05) is 6.07 Å². The van der Waals surface area contributed by atoms with E-state index in [4.69, 9.17) is 25.6 Å². The summed E-state index contributed by atoms with van der Waals surface area (Å²) in [6, 6.07) is 4.01. The predicted molar refractivity (Wildman–Crippen MR) is 83.0 cm³/mol. The van der Waals surface area contributed by atoms with Crippen molar-refractivity contribution >= 4 is 24.2 Å². The second-order valence-corrected chi connectivity index (χ2v) is 6.51. The normalized spacial score (nSPS) is 20.2. The Morgan fingerprint density at radius 2 is 1.70 bits per heavy atom. The molecule has 110 valence electrons. The van der Waals surface area contributed by atoms with Crippen molar-refractivity contribution in [1.82, 2.24) is 0 Å². The molecule has 0 bridgehead atoms. The van der Waals surface area contributed by atoms with Gasteiger partial charge < -0.3 is 14.0 Å². The van der Waals surface area contributed by atoms with Crippen LogP contribution in [0.15, 0.2) is 12.1 Å². The summed E-state index contributed by atoms with van der Waals surface area (Å²) in [5, 5.41) is 0. The Morgan fingerprint density at radius 1 is 1.15 bits per heavy atom. The van der Waals surface area contributed by atoms with Crippen LogP contribution in [0, 0.1) is 6.92 Å². The lowest BCUT2D eigenvalue weighted by Crippen LogP contribution is -2.41. The van der Waals surface area contributed by atoms with E-state index < -0.39 is 0 Å². The van der Waals surface area contributed by atoms with Gasteiger partial charge in [0.05, 0.1) is 24.2 Å². The van der Waals surface area contributed by atoms with Gasteiger partial charge >= 0.3 is 7.12 Å². The van der Waals surface area contributed by atoms with Crippen LogP contribution in [0.3, 0.4) is 0 Å². The highest BCUT2D eigenvalue weighted by Gasteiger charge is 2.51. The van der Waals surface area contributed by atoms with Crippen molar-refractivity contribution in [2.75, 3.05) is 7.11 Å². The molecule has 0 amide bonds. The van der Waals surface area contributed by atoms with Gasteiger partial charge in [0.15, 0.2) is 0 Å². The number of ether oxygens (including phenoxy) is 1. The Labute approximate surface area is 126 Å². The van der Waals surface area contributed by atoms with Gasteiger partial charge in [-0.25, -0.2) is 0 Å². The summed E-state index contributed by atoms with van der Waals surface area (Å²) in [7, 11) is 1.27. The summed E-state index contributed by atoms with van der Waals surface area (Å²) in [6.45, 7) is 10.2. The van der Waals surface area contributed by atoms with E-state index >= 15 is 0 Å². The highest BCUT2D eigenvalue weighted by atomic mass is 35.5. The van der Waals surface area contributed by atoms with E-state index in [1.54, 1.807) is 7.11 Å². The zero-order chi connectivity index (χ0) is 15.1. The van der Waals surface area contributed by atoms with Gasteiger partial charge in [-0.3, -0.25) is 0 Å². The zero-order valence-corrected chi connectivity index (χ0v) is 13.8. The quantitative estimate of drug-likeness (QED) is 0.634. The molecule has 0 N–H and O–H groups in total. The second-order valence-electron chi connectivity index (χ2n) is 6.24. The number of halogens is 1. The second kappa shape index (κ2) is 5.25. The van der Waals surface area contributed by atoms with Crippen LogP contribution in [0.2, 0.25) is 0 Å². The van der Waals surface area contributed by atoms with Crippen molar-refractivity contribution in [3.8, 4) is 5.75 Å². The summed E-state index contributed by atoms with van der Waals surface area (Å²) < 4.78 is 17.6. The molecule has 20 heavy (non-hydrogen) atoms. The molecule has 5 heteroatoms. The summed E-state index contributed by atoms with van der Waals surface area (Å²) in [5.74, 6) is 1.21. The van der Waals surface area contributed by atoms with E-state index in [0.717, 1.165) is 22.3 Å². The maximum absolute atomic E-state index is 6.07. The standard InChI is InChI=1S/C15H22BClO3/c1-10-7-11(8-13(18-6)12(10)9-17)16-19-14(2,3)15(4,5)20-16/h7-8H,9H2,1-6H3. The van der Waals surface area contributed by atoms with Crippen LogP contribution in [0.5, 0.6) is 5.75 Å². The molecule has 1 aromatic carbocycles. The minimum atomic E-state index is -0.378. The maximum atomic E-state index is 6.07. The van der Waals surface area contributed by atoms with Gasteiger partial charge in [-0.05, 0) is 51.7 Å². The lowest BCUT2D eigenvalue weighted by atomic mass is 9.77. The number of alkyl halides is 1. The van der Waals surface area contributed by atoms with Crippen LogP contribution >= 0.6 is 11.6 Å². The number of benzene rings is 1. The van der Waals surface area contributed by atoms with Gasteiger partial charge in [-0.2, -0.15) is 0 Å². The van der Waals surface area contributed by atoms with Crippen LogP contribution in [-0.4, -0.2) is 25.4 Å². The molecule has 1 heterocycles. The molecular weight excluding hydrogens is 274 g/mol. The third-order valence-corrected chi connectivity index (χ3v) is 4.60. The van der Waals surface area contributed by atoms with Crippen LogP contribution in [0.1, 0.15) is 38.8 Å². The summed E-state index contributed by atoms with van der Waals surface area (Å²) in [5.41, 5.74) is 2.37. The largest absolute Gasteiger partial charge is 0.496 e. The highest BCUT2D eigenvalue weighted by Crippen LogP contribution is 2.37. The molecule has 0 unspecified atom stereocenters. The van der Waals surface area contributed by atoms with Crippen LogP contribution in [-0.2, 0) is 15.2 Å². The maximum Gasteiger partial charge on any atom is 0.494 e. The van der Waals surface area contributed by atoms with Crippen molar-refractivity contribution in [2.24, 2.45) is 0 Å². The molecule has 2 rings (SSSR count). The Morgan fingerprint density at radius 3 is 2.15 bits per heavy atom. The smallest absolute Gasteiger partial charge is 0.494 e. The fraction of sp³-hybridized carbons (Fsp3) is 0.600. The van der Waals surface area contributed by atoms with Gasteiger partial charge in [0.1, 0.15) is 5.75 Å². The minimum absolute atomic E-state index is 0.343. The third kappa shape index (κ3) is 2.57. The monoisotopic (exact) mass is 296 g/mol. The highest BCUT2D eigenvalue weighted by molar-refractivity contribution is 6.62. The molecule has 1 aromatic rings. The Kier molecular flexibility index (Phi) is 4.11. The molecule has 0 radical (unpaired) electrons. The zero-order valence-electron chi connectivity index (χ0n) is 13.0. The molecule has 0 atom stereocenters. The van der Waals surface area contributed by atoms with E-state index in [0.29, 0.717) is 5.88 Å². The predicted octanol–water partition coefficient (Wildman–Crippen LogP) is 3.04. The van der Waals surface area contributed by atoms with Gasteiger partial charge in [0.25, 0.3) is 0 Å². The van der Waals surface area contributed by atoms with Crippen molar-refractivity contribution in [3.63, 3.8) is 0 Å². The molecule has 1 fully saturated rings. The Hall–Kier alpha value is -0.705. The minimum Gasteiger partial charge on any atom is -0.496 e. The van der Waals surface area contributed by atoms with E-state index in [9.17, 15) is 0 Å². The Bertz CT molecular complexity index is 498. The molecule has 1 aliphatic heterocycles. The first-order valence-electron chi connectivity index (χ1n) is 6.81. The van der Waals surface area contributed by atoms with Gasteiger partial charge in [0.2, 0.25) is 0 Å². The lowest BCUT2D eigenvalue weighted by molar-refractivity contribution is 0.00578. The van der Waals surface area contributed by atoms with Crippen LogP contribution in [0.25, 0.3) is 0 Å². The topological polar surface area (TPSA) is 27.7 Å². The number of rotatable bonds is 3. The number of aryl methyl sites for hydroxylation is 1. The Balaban J connectivity index is 2.38. The number of methoxy groups -OCH3 is 1. The average Bonchev–Trinajstić information content (AvgIpc) is 2.57. The molecular formula is C15H22BClO3. The van der Waals surface area contributed by atoms with Crippen molar-refractivity contribution in [2.45, 2.75) is 51.7 Å². The van der Waals surface area contributed by atoms with Gasteiger partial charge in [0, 0.05) is 5.56 Å². The average molecular weight is 297 g/mol. The first-order valence-corrected chi connectivity index (χ1v) is 7.34. The van der Waals surface area contributed by atoms with Gasteiger partial charge in [-0.15, -0.1) is 11.6 Å². The summed E-state index contributed by atoms with van der Waals surface area (Å²) in [6.07, 6.45) is 0. The van der Waals surface area contributed by atoms with Crippen molar-refractivity contribution in [3.05, 3.63) is 23.3 Å². The first-order chi connectivity index (χ1) is 9.21. The third-order valence-electron chi connectivity index (χ3n) is 4.33. The van der Waals surface area contributed by atoms with E-state index in [1.165, 1.54) is 0 Å². The van der Waals surface area contributed by atoms with E-state index in [2.05, 4.69) is 6.07 Å². The number of hydrogen-bond acceptors (Lipinski definition) is 3. The summed E-state index contributed by atoms with van der Waals surface area (Å²) >= 11 is 5.98. The molecule has 0 saturated carbocycles. The fourth-order valence-electron chi connectivity index (χ4n) is 2.28. The van der Waals surface area contributed by atoms with Crippen LogP contribution in [0.4, 0.5) is 0 Å². The van der Waals surface area contributed by atoms with Crippen molar-refractivity contribution < 1.29 is 14.0 Å². The lowest BCUT2D eigenvalue weighted by Gasteiger charge is -2.32. The molecule has 3 nitrogen and oxygen atoms in total. The van der Waals surface area contributed by atoms with E-state index in [1.807, 2.05) is 40.7 Å². The number of hydrogen-bond donors (Lipinski definition) is 0. The molecule has 1 aliphatic rings. The van der Waals surface area contributed by atoms with Crippen molar-refractivity contribution in [1.29, 1.82) is 0 Å². The summed E-state index contributed by atoms with van der Waals surface area (Å²) in [4.78, 5) is 0. The van der Waals surface area contributed by atoms with E-state index in [-0.39, 0.29) is 18.3 Å². The fourth-order valence-corrected chi connectivity index (χ4v) is 2.62. The molecule has 0 aromatic heterocycles. The molecule has 1 saturated heterocycles. The molecule has 0 spiro atoms. The van der Waals surface area contributed by atoms with Crippen LogP contribution < -0.4 is 10.2 Å². The SMILES string of the molecule is COc1cc(B2OC(C)(C)C(C)(C)O2)cc(C)c1CCl. The molecule has 0 aliphatic carbocycles.